The van der Waals surface area contributed by atoms with Crippen molar-refractivity contribution in [2.45, 2.75) is 13.8 Å². The van der Waals surface area contributed by atoms with Crippen LogP contribution < -0.4 is 4.90 Å². The van der Waals surface area contributed by atoms with E-state index in [1.165, 1.54) is 0 Å². The van der Waals surface area contributed by atoms with Crippen molar-refractivity contribution in [3.8, 4) is 0 Å². The molecule has 0 spiro atoms. The number of ether oxygens (including phenoxy) is 1. The molecule has 3 aromatic rings. The number of esters is 1. The van der Waals surface area contributed by atoms with E-state index in [-0.39, 0.29) is 5.97 Å². The highest BCUT2D eigenvalue weighted by molar-refractivity contribution is 5.89. The van der Waals surface area contributed by atoms with Gasteiger partial charge in [0.05, 0.1) is 34.9 Å². The molecule has 158 valence electrons. The van der Waals surface area contributed by atoms with E-state index in [9.17, 15) is 4.79 Å². The average Bonchev–Trinajstić information content (AvgIpc) is 2.82. The zero-order valence-corrected chi connectivity index (χ0v) is 17.9. The first-order chi connectivity index (χ1) is 15.1. The number of nitrogens with zero attached hydrogens (tertiary/aromatic N) is 5. The Morgan fingerprint density at radius 1 is 0.710 bits per heavy atom. The number of rotatable bonds is 8. The Labute approximate surface area is 182 Å². The fourth-order valence-electron chi connectivity index (χ4n) is 2.65. The Morgan fingerprint density at radius 3 is 1.48 bits per heavy atom. The molecule has 0 aliphatic rings. The minimum atomic E-state index is -0.347. The van der Waals surface area contributed by atoms with Crippen LogP contribution in [0.3, 0.4) is 0 Å². The lowest BCUT2D eigenvalue weighted by Crippen LogP contribution is -2.15. The molecule has 7 heteroatoms. The first-order valence-corrected chi connectivity index (χ1v) is 10.1. The summed E-state index contributed by atoms with van der Waals surface area (Å²) in [5, 5.41) is 16.9. The van der Waals surface area contributed by atoms with Gasteiger partial charge in [-0.05, 0) is 86.6 Å². The van der Waals surface area contributed by atoms with Crippen LogP contribution in [0, 0.1) is 0 Å². The van der Waals surface area contributed by atoms with Gasteiger partial charge in [-0.1, -0.05) is 0 Å². The van der Waals surface area contributed by atoms with Crippen LogP contribution in [0.1, 0.15) is 24.2 Å². The lowest BCUT2D eigenvalue weighted by atomic mass is 10.2. The predicted octanol–water partition coefficient (Wildman–Crippen LogP) is 7.15. The van der Waals surface area contributed by atoms with E-state index in [0.717, 1.165) is 23.6 Å². The summed E-state index contributed by atoms with van der Waals surface area (Å²) in [4.78, 5) is 13.8. The van der Waals surface area contributed by atoms with Crippen LogP contribution in [0.2, 0.25) is 0 Å². The minimum Gasteiger partial charge on any atom is -0.462 e. The van der Waals surface area contributed by atoms with Gasteiger partial charge in [-0.3, -0.25) is 0 Å². The van der Waals surface area contributed by atoms with Crippen molar-refractivity contribution in [1.82, 2.24) is 0 Å². The summed E-state index contributed by atoms with van der Waals surface area (Å²) in [7, 11) is 2.05. The van der Waals surface area contributed by atoms with Gasteiger partial charge in [0.2, 0.25) is 0 Å². The minimum absolute atomic E-state index is 0.346. The van der Waals surface area contributed by atoms with E-state index < -0.39 is 0 Å². The zero-order valence-electron chi connectivity index (χ0n) is 17.9. The Kier molecular flexibility index (Phi) is 7.59. The fraction of sp³-hybridized carbons (Fsp3) is 0.208. The van der Waals surface area contributed by atoms with Crippen LogP contribution >= 0.6 is 0 Å². The highest BCUT2D eigenvalue weighted by atomic mass is 16.5. The van der Waals surface area contributed by atoms with Gasteiger partial charge in [-0.2, -0.15) is 20.5 Å². The molecule has 31 heavy (non-hydrogen) atoms. The number of azo groups is 2. The first kappa shape index (κ1) is 21.8. The van der Waals surface area contributed by atoms with Crippen molar-refractivity contribution in [2.24, 2.45) is 20.5 Å². The molecule has 0 aliphatic carbocycles. The Hall–Kier alpha value is -3.87. The lowest BCUT2D eigenvalue weighted by Gasteiger charge is -2.16. The fourth-order valence-corrected chi connectivity index (χ4v) is 2.65. The third kappa shape index (κ3) is 6.30. The first-order valence-electron chi connectivity index (χ1n) is 10.1. The molecule has 3 rings (SSSR count). The summed E-state index contributed by atoms with van der Waals surface area (Å²) >= 11 is 0. The highest BCUT2D eigenvalue weighted by Crippen LogP contribution is 2.24. The van der Waals surface area contributed by atoms with Crippen LogP contribution in [-0.2, 0) is 4.74 Å². The van der Waals surface area contributed by atoms with E-state index in [0.29, 0.717) is 23.5 Å². The molecule has 0 amide bonds. The molecular weight excluding hydrogens is 390 g/mol. The maximum Gasteiger partial charge on any atom is 0.338 e. The van der Waals surface area contributed by atoms with E-state index in [1.54, 1.807) is 31.2 Å². The Bertz CT molecular complexity index is 1040. The summed E-state index contributed by atoms with van der Waals surface area (Å²) in [6.45, 7) is 5.18. The smallest absolute Gasteiger partial charge is 0.338 e. The molecule has 0 N–H and O–H groups in total. The molecule has 0 aliphatic heterocycles. The van der Waals surface area contributed by atoms with Crippen molar-refractivity contribution in [3.05, 3.63) is 78.4 Å². The molecule has 0 aromatic heterocycles. The molecule has 0 unspecified atom stereocenters. The van der Waals surface area contributed by atoms with Crippen molar-refractivity contribution in [3.63, 3.8) is 0 Å². The van der Waals surface area contributed by atoms with Gasteiger partial charge in [-0.25, -0.2) is 4.79 Å². The summed E-state index contributed by atoms with van der Waals surface area (Å²) in [6.07, 6.45) is 0. The summed E-state index contributed by atoms with van der Waals surface area (Å²) in [5.41, 5.74) is 4.50. The van der Waals surface area contributed by atoms with Gasteiger partial charge >= 0.3 is 5.97 Å². The van der Waals surface area contributed by atoms with E-state index >= 15 is 0 Å². The molecule has 0 bridgehead atoms. The topological polar surface area (TPSA) is 79.0 Å². The van der Waals surface area contributed by atoms with Crippen LogP contribution in [0.4, 0.5) is 28.4 Å². The molecule has 0 radical (unpaired) electrons. The van der Waals surface area contributed by atoms with Gasteiger partial charge in [0, 0.05) is 19.3 Å². The maximum absolute atomic E-state index is 11.7. The van der Waals surface area contributed by atoms with Gasteiger partial charge in [0.25, 0.3) is 0 Å². The Balaban J connectivity index is 1.59. The standard InChI is InChI=1S/C24H25N5O2/c1-4-29(3)23-16-14-22(15-17-23)28-27-21-12-10-20(11-13-21)26-25-19-8-6-18(7-9-19)24(30)31-5-2/h6-17H,4-5H2,1-3H3. The predicted molar refractivity (Wildman–Crippen MR) is 123 cm³/mol. The number of benzene rings is 3. The number of carbonyl (C=O) groups is 1. The third-order valence-electron chi connectivity index (χ3n) is 4.55. The maximum atomic E-state index is 11.7. The SMILES string of the molecule is CCOC(=O)c1ccc(N=Nc2ccc(N=Nc3ccc(N(C)CC)cc3)cc2)cc1. The van der Waals surface area contributed by atoms with Crippen molar-refractivity contribution in [1.29, 1.82) is 0 Å². The van der Waals surface area contributed by atoms with Crippen molar-refractivity contribution >= 4 is 34.4 Å². The monoisotopic (exact) mass is 415 g/mol. The van der Waals surface area contributed by atoms with Crippen LogP contribution in [0.25, 0.3) is 0 Å². The van der Waals surface area contributed by atoms with Crippen LogP contribution in [0.5, 0.6) is 0 Å². The number of carbonyl (C=O) groups excluding carboxylic acids is 1. The molecule has 3 aromatic carbocycles. The summed E-state index contributed by atoms with van der Waals surface area (Å²) < 4.78 is 4.96. The molecule has 7 nitrogen and oxygen atoms in total. The second-order valence-electron chi connectivity index (χ2n) is 6.71. The van der Waals surface area contributed by atoms with E-state index in [2.05, 4.69) is 32.3 Å². The highest BCUT2D eigenvalue weighted by Gasteiger charge is 2.05. The second kappa shape index (κ2) is 10.8. The largest absolute Gasteiger partial charge is 0.462 e. The molecule has 0 heterocycles. The molecule has 0 saturated carbocycles. The average molecular weight is 415 g/mol. The van der Waals surface area contributed by atoms with E-state index in [1.807, 2.05) is 55.6 Å². The quantitative estimate of drug-likeness (QED) is 0.289. The van der Waals surface area contributed by atoms with E-state index in [4.69, 9.17) is 4.74 Å². The van der Waals surface area contributed by atoms with Gasteiger partial charge in [0.15, 0.2) is 0 Å². The van der Waals surface area contributed by atoms with Crippen LogP contribution in [0.15, 0.2) is 93.3 Å². The third-order valence-corrected chi connectivity index (χ3v) is 4.55. The molecule has 0 saturated heterocycles. The molecule has 0 atom stereocenters. The lowest BCUT2D eigenvalue weighted by molar-refractivity contribution is 0.0526. The van der Waals surface area contributed by atoms with Crippen LogP contribution in [-0.4, -0.2) is 26.2 Å². The molecule has 0 fully saturated rings. The second-order valence-corrected chi connectivity index (χ2v) is 6.71. The van der Waals surface area contributed by atoms with Gasteiger partial charge in [-0.15, -0.1) is 0 Å². The Morgan fingerprint density at radius 2 is 1.10 bits per heavy atom. The van der Waals surface area contributed by atoms with Gasteiger partial charge in [0.1, 0.15) is 0 Å². The van der Waals surface area contributed by atoms with Crippen molar-refractivity contribution in [2.75, 3.05) is 25.1 Å². The molecular formula is C24H25N5O2. The zero-order chi connectivity index (χ0) is 22.1. The van der Waals surface area contributed by atoms with Gasteiger partial charge < -0.3 is 9.64 Å². The normalized spacial score (nSPS) is 11.2. The number of hydrogen-bond donors (Lipinski definition) is 0. The number of hydrogen-bond acceptors (Lipinski definition) is 7. The summed E-state index contributed by atoms with van der Waals surface area (Å²) in [6, 6.07) is 22.0. The summed E-state index contributed by atoms with van der Waals surface area (Å²) in [5.74, 6) is -0.347. The van der Waals surface area contributed by atoms with Crippen molar-refractivity contribution < 1.29 is 9.53 Å². The number of anilines is 1.